The molecule has 1 atom stereocenters. The Balaban J connectivity index is 1.80. The number of nitrogens with one attached hydrogen (secondary N) is 1. The number of ether oxygens (including phenoxy) is 1. The van der Waals surface area contributed by atoms with Crippen LogP contribution in [0, 0.1) is 0 Å². The van der Waals surface area contributed by atoms with E-state index in [1.54, 1.807) is 30.3 Å². The molecule has 2 aromatic rings. The molecule has 2 aromatic carbocycles. The molecule has 0 spiro atoms. The van der Waals surface area contributed by atoms with Gasteiger partial charge in [-0.1, -0.05) is 49.4 Å². The van der Waals surface area contributed by atoms with Crippen molar-refractivity contribution >= 4 is 17.9 Å². The van der Waals surface area contributed by atoms with Crippen LogP contribution in [0.2, 0.25) is 0 Å². The monoisotopic (exact) mass is 338 g/mol. The highest BCUT2D eigenvalue weighted by Gasteiger charge is 2.05. The molecule has 3 N–H and O–H groups in total. The fraction of sp³-hybridized carbons (Fsp3) is 0.200. The normalized spacial score (nSPS) is 11.9. The first-order valence-electron chi connectivity index (χ1n) is 8.06. The van der Waals surface area contributed by atoms with Crippen LogP contribution in [0.4, 0.5) is 0 Å². The van der Waals surface area contributed by atoms with Crippen molar-refractivity contribution in [3.63, 3.8) is 0 Å². The van der Waals surface area contributed by atoms with E-state index < -0.39 is 5.91 Å². The molecule has 0 aliphatic rings. The van der Waals surface area contributed by atoms with Gasteiger partial charge < -0.3 is 15.8 Å². The molecular formula is C20H22N2O3. The standard InChI is InChI=1S/C20H22N2O3/c1-15(17-5-3-2-4-6-17)13-22-20(24)12-9-16-7-10-18(11-8-16)25-14-19(21)23/h2-12,15H,13-14H2,1H3,(H2,21,23)(H,22,24)/b12-9+/t15-/m0/s1. The highest BCUT2D eigenvalue weighted by Crippen LogP contribution is 2.14. The van der Waals surface area contributed by atoms with Crippen LogP contribution in [-0.2, 0) is 9.59 Å². The highest BCUT2D eigenvalue weighted by atomic mass is 16.5. The first-order valence-corrected chi connectivity index (χ1v) is 8.06. The van der Waals surface area contributed by atoms with Gasteiger partial charge in [-0.2, -0.15) is 0 Å². The number of hydrogen-bond acceptors (Lipinski definition) is 3. The van der Waals surface area contributed by atoms with Crippen molar-refractivity contribution in [3.8, 4) is 5.75 Å². The highest BCUT2D eigenvalue weighted by molar-refractivity contribution is 5.91. The molecule has 0 unspecified atom stereocenters. The lowest BCUT2D eigenvalue weighted by atomic mass is 10.0. The first-order chi connectivity index (χ1) is 12.0. The van der Waals surface area contributed by atoms with Crippen molar-refractivity contribution in [1.29, 1.82) is 0 Å². The molecule has 0 aliphatic carbocycles. The predicted octanol–water partition coefficient (Wildman–Crippen LogP) is 2.48. The van der Waals surface area contributed by atoms with E-state index in [0.29, 0.717) is 12.3 Å². The minimum atomic E-state index is -0.523. The Hall–Kier alpha value is -3.08. The molecule has 0 saturated carbocycles. The third-order valence-electron chi connectivity index (χ3n) is 3.64. The Morgan fingerprint density at radius 3 is 2.44 bits per heavy atom. The molecule has 0 bridgehead atoms. The van der Waals surface area contributed by atoms with Crippen LogP contribution < -0.4 is 15.8 Å². The van der Waals surface area contributed by atoms with Crippen LogP contribution in [0.5, 0.6) is 5.75 Å². The van der Waals surface area contributed by atoms with E-state index in [0.717, 1.165) is 5.56 Å². The number of benzene rings is 2. The maximum Gasteiger partial charge on any atom is 0.255 e. The summed E-state index contributed by atoms with van der Waals surface area (Å²) in [4.78, 5) is 22.6. The molecule has 0 aromatic heterocycles. The Bertz CT molecular complexity index is 724. The van der Waals surface area contributed by atoms with Gasteiger partial charge in [-0.25, -0.2) is 0 Å². The summed E-state index contributed by atoms with van der Waals surface area (Å²) >= 11 is 0. The number of rotatable bonds is 8. The SMILES string of the molecule is C[C@@H](CNC(=O)/C=C/c1ccc(OCC(N)=O)cc1)c1ccccc1. The number of hydrogen-bond donors (Lipinski definition) is 2. The molecule has 2 amide bonds. The minimum absolute atomic E-state index is 0.142. The fourth-order valence-corrected chi connectivity index (χ4v) is 2.21. The summed E-state index contributed by atoms with van der Waals surface area (Å²) in [6, 6.07) is 17.1. The maximum absolute atomic E-state index is 11.9. The van der Waals surface area contributed by atoms with E-state index in [4.69, 9.17) is 10.5 Å². The van der Waals surface area contributed by atoms with Gasteiger partial charge in [0.05, 0.1) is 0 Å². The van der Waals surface area contributed by atoms with Gasteiger partial charge in [0.25, 0.3) is 5.91 Å². The van der Waals surface area contributed by atoms with Gasteiger partial charge >= 0.3 is 0 Å². The van der Waals surface area contributed by atoms with Crippen LogP contribution in [0.1, 0.15) is 24.0 Å². The predicted molar refractivity (Wildman–Crippen MR) is 98.0 cm³/mol. The average Bonchev–Trinajstić information content (AvgIpc) is 2.64. The lowest BCUT2D eigenvalue weighted by Crippen LogP contribution is -2.25. The van der Waals surface area contributed by atoms with E-state index in [1.165, 1.54) is 11.6 Å². The summed E-state index contributed by atoms with van der Waals surface area (Å²) in [6.45, 7) is 2.49. The Kier molecular flexibility index (Phi) is 6.77. The van der Waals surface area contributed by atoms with Crippen molar-refractivity contribution in [2.45, 2.75) is 12.8 Å². The lowest BCUT2D eigenvalue weighted by Gasteiger charge is -2.11. The second-order valence-electron chi connectivity index (χ2n) is 5.71. The molecule has 2 rings (SSSR count). The van der Waals surface area contributed by atoms with Crippen LogP contribution >= 0.6 is 0 Å². The van der Waals surface area contributed by atoms with E-state index in [1.807, 2.05) is 18.2 Å². The van der Waals surface area contributed by atoms with Crippen LogP contribution in [-0.4, -0.2) is 25.0 Å². The summed E-state index contributed by atoms with van der Waals surface area (Å²) in [6.07, 6.45) is 3.22. The summed E-state index contributed by atoms with van der Waals surface area (Å²) in [5.74, 6) is 0.138. The van der Waals surface area contributed by atoms with Gasteiger partial charge in [0.15, 0.2) is 6.61 Å². The van der Waals surface area contributed by atoms with Crippen molar-refractivity contribution in [1.82, 2.24) is 5.32 Å². The number of carbonyl (C=O) groups is 2. The smallest absolute Gasteiger partial charge is 0.255 e. The molecule has 0 radical (unpaired) electrons. The minimum Gasteiger partial charge on any atom is -0.484 e. The van der Waals surface area contributed by atoms with Crippen molar-refractivity contribution in [2.24, 2.45) is 5.73 Å². The third-order valence-corrected chi connectivity index (χ3v) is 3.64. The van der Waals surface area contributed by atoms with Gasteiger partial charge in [-0.05, 0) is 35.3 Å². The van der Waals surface area contributed by atoms with Gasteiger partial charge in [0.2, 0.25) is 5.91 Å². The zero-order valence-corrected chi connectivity index (χ0v) is 14.1. The van der Waals surface area contributed by atoms with Crippen molar-refractivity contribution in [2.75, 3.05) is 13.2 Å². The molecule has 25 heavy (non-hydrogen) atoms. The molecule has 5 heteroatoms. The number of amides is 2. The van der Waals surface area contributed by atoms with Gasteiger partial charge in [0.1, 0.15) is 5.75 Å². The van der Waals surface area contributed by atoms with Crippen LogP contribution in [0.25, 0.3) is 6.08 Å². The topological polar surface area (TPSA) is 81.4 Å². The maximum atomic E-state index is 11.9. The number of carbonyl (C=O) groups excluding carboxylic acids is 2. The zero-order valence-electron chi connectivity index (χ0n) is 14.1. The second kappa shape index (κ2) is 9.27. The number of primary amides is 1. The molecule has 0 saturated heterocycles. The van der Waals surface area contributed by atoms with Gasteiger partial charge in [-0.15, -0.1) is 0 Å². The van der Waals surface area contributed by atoms with E-state index in [-0.39, 0.29) is 18.4 Å². The Morgan fingerprint density at radius 1 is 1.12 bits per heavy atom. The summed E-state index contributed by atoms with van der Waals surface area (Å²) < 4.78 is 5.18. The number of nitrogens with two attached hydrogens (primary N) is 1. The fourth-order valence-electron chi connectivity index (χ4n) is 2.21. The first kappa shape index (κ1) is 18.3. The zero-order chi connectivity index (χ0) is 18.1. The van der Waals surface area contributed by atoms with Crippen molar-refractivity contribution in [3.05, 3.63) is 71.8 Å². The molecule has 0 aliphatic heterocycles. The van der Waals surface area contributed by atoms with Gasteiger partial charge in [-0.3, -0.25) is 9.59 Å². The van der Waals surface area contributed by atoms with Crippen LogP contribution in [0.3, 0.4) is 0 Å². The summed E-state index contributed by atoms with van der Waals surface area (Å²) in [7, 11) is 0. The molecule has 0 heterocycles. The average molecular weight is 338 g/mol. The van der Waals surface area contributed by atoms with Gasteiger partial charge in [0, 0.05) is 12.6 Å². The van der Waals surface area contributed by atoms with E-state index in [2.05, 4.69) is 24.4 Å². The summed E-state index contributed by atoms with van der Waals surface area (Å²) in [5, 5.41) is 2.89. The quantitative estimate of drug-likeness (QED) is 0.726. The van der Waals surface area contributed by atoms with E-state index in [9.17, 15) is 9.59 Å². The Morgan fingerprint density at radius 2 is 1.80 bits per heavy atom. The summed E-state index contributed by atoms with van der Waals surface area (Å²) in [5.41, 5.74) is 7.07. The molecular weight excluding hydrogens is 316 g/mol. The van der Waals surface area contributed by atoms with Crippen LogP contribution in [0.15, 0.2) is 60.7 Å². The molecule has 0 fully saturated rings. The molecule has 130 valence electrons. The third kappa shape index (κ3) is 6.51. The van der Waals surface area contributed by atoms with E-state index >= 15 is 0 Å². The Labute approximate surface area is 147 Å². The van der Waals surface area contributed by atoms with Crippen molar-refractivity contribution < 1.29 is 14.3 Å². The largest absolute Gasteiger partial charge is 0.484 e. The lowest BCUT2D eigenvalue weighted by molar-refractivity contribution is -0.120. The molecule has 5 nitrogen and oxygen atoms in total. The second-order valence-corrected chi connectivity index (χ2v) is 5.71.